The highest BCUT2D eigenvalue weighted by molar-refractivity contribution is 6.37. The summed E-state index contributed by atoms with van der Waals surface area (Å²) >= 11 is 6.53. The smallest absolute Gasteiger partial charge is 0.258 e. The van der Waals surface area contributed by atoms with Crippen LogP contribution in [-0.4, -0.2) is 28.9 Å². The number of rotatable bonds is 5. The number of anilines is 1. The van der Waals surface area contributed by atoms with Crippen molar-refractivity contribution in [2.45, 2.75) is 13.5 Å². The number of likely N-dealkylation sites (tertiary alicyclic amines) is 1. The van der Waals surface area contributed by atoms with Crippen LogP contribution in [0.1, 0.15) is 22.8 Å². The Morgan fingerprint density at radius 2 is 1.89 bits per heavy atom. The molecule has 1 aromatic heterocycles. The van der Waals surface area contributed by atoms with Crippen LogP contribution in [-0.2, 0) is 6.54 Å². The molecule has 1 aliphatic heterocycles. The number of amides is 1. The number of carbonyl (C=O) groups is 1. The monoisotopic (exact) mass is 391 g/mol. The van der Waals surface area contributed by atoms with E-state index in [1.165, 1.54) is 0 Å². The number of carbonyl (C=O) groups excluding carboxylic acids is 1. The molecule has 1 aliphatic rings. The molecule has 0 radical (unpaired) electrons. The molecule has 0 unspecified atom stereocenters. The molecule has 3 aromatic rings. The molecule has 28 heavy (non-hydrogen) atoms. The van der Waals surface area contributed by atoms with Gasteiger partial charge in [-0.3, -0.25) is 9.69 Å². The SMILES string of the molecule is CC1CN(Cc2ccc(NC(=O)c3cccc(-c4ccccc4)c3Cl)nc2)C1. The molecule has 1 saturated heterocycles. The van der Waals surface area contributed by atoms with Crippen LogP contribution in [0, 0.1) is 5.92 Å². The van der Waals surface area contributed by atoms with Gasteiger partial charge in [0.1, 0.15) is 5.82 Å². The predicted octanol–water partition coefficient (Wildman–Crippen LogP) is 5.11. The van der Waals surface area contributed by atoms with Gasteiger partial charge in [0, 0.05) is 31.4 Å². The van der Waals surface area contributed by atoms with E-state index in [-0.39, 0.29) is 5.91 Å². The number of nitrogens with one attached hydrogen (secondary N) is 1. The zero-order valence-electron chi connectivity index (χ0n) is 15.7. The summed E-state index contributed by atoms with van der Waals surface area (Å²) in [5, 5.41) is 3.28. The van der Waals surface area contributed by atoms with E-state index < -0.39 is 0 Å². The highest BCUT2D eigenvalue weighted by Gasteiger charge is 2.22. The molecule has 0 saturated carbocycles. The minimum absolute atomic E-state index is 0.264. The van der Waals surface area contributed by atoms with E-state index in [0.717, 1.165) is 42.2 Å². The van der Waals surface area contributed by atoms with E-state index in [0.29, 0.717) is 16.4 Å². The second kappa shape index (κ2) is 8.13. The van der Waals surface area contributed by atoms with Crippen LogP contribution in [0.15, 0.2) is 66.9 Å². The van der Waals surface area contributed by atoms with Crippen molar-refractivity contribution in [2.24, 2.45) is 5.92 Å². The van der Waals surface area contributed by atoms with Gasteiger partial charge in [-0.25, -0.2) is 4.98 Å². The van der Waals surface area contributed by atoms with Gasteiger partial charge in [-0.05, 0) is 29.2 Å². The maximum atomic E-state index is 12.7. The molecule has 2 heterocycles. The zero-order valence-corrected chi connectivity index (χ0v) is 16.5. The number of nitrogens with zero attached hydrogens (tertiary/aromatic N) is 2. The lowest BCUT2D eigenvalue weighted by Crippen LogP contribution is -2.44. The molecule has 4 nitrogen and oxygen atoms in total. The average molecular weight is 392 g/mol. The van der Waals surface area contributed by atoms with Crippen LogP contribution < -0.4 is 5.32 Å². The van der Waals surface area contributed by atoms with E-state index in [2.05, 4.69) is 22.1 Å². The summed E-state index contributed by atoms with van der Waals surface area (Å²) in [5.74, 6) is 1.04. The van der Waals surface area contributed by atoms with Crippen molar-refractivity contribution < 1.29 is 4.79 Å². The van der Waals surface area contributed by atoms with E-state index in [1.54, 1.807) is 6.07 Å². The Labute approximate surface area is 170 Å². The van der Waals surface area contributed by atoms with Crippen molar-refractivity contribution in [3.63, 3.8) is 0 Å². The van der Waals surface area contributed by atoms with Crippen LogP contribution in [0.3, 0.4) is 0 Å². The Morgan fingerprint density at radius 3 is 2.57 bits per heavy atom. The van der Waals surface area contributed by atoms with Crippen LogP contribution in [0.25, 0.3) is 11.1 Å². The number of benzene rings is 2. The maximum Gasteiger partial charge on any atom is 0.258 e. The Hall–Kier alpha value is -2.69. The number of hydrogen-bond acceptors (Lipinski definition) is 3. The summed E-state index contributed by atoms with van der Waals surface area (Å²) in [4.78, 5) is 19.5. The third kappa shape index (κ3) is 4.08. The van der Waals surface area contributed by atoms with Crippen LogP contribution in [0.5, 0.6) is 0 Å². The molecular weight excluding hydrogens is 370 g/mol. The highest BCUT2D eigenvalue weighted by Crippen LogP contribution is 2.31. The third-order valence-electron chi connectivity index (χ3n) is 4.94. The van der Waals surface area contributed by atoms with Gasteiger partial charge < -0.3 is 5.32 Å². The Balaban J connectivity index is 1.46. The van der Waals surface area contributed by atoms with Gasteiger partial charge in [0.15, 0.2) is 0 Å². The first-order chi connectivity index (χ1) is 13.6. The standard InChI is InChI=1S/C23H22ClN3O/c1-16-13-27(14-16)15-17-10-11-21(25-12-17)26-23(28)20-9-5-8-19(22(20)24)18-6-3-2-4-7-18/h2-12,16H,13-15H2,1H3,(H,25,26,28). The van der Waals surface area contributed by atoms with Crippen LogP contribution in [0.2, 0.25) is 5.02 Å². The molecule has 1 fully saturated rings. The van der Waals surface area contributed by atoms with Gasteiger partial charge in [0.2, 0.25) is 0 Å². The van der Waals surface area contributed by atoms with Gasteiger partial charge in [0.25, 0.3) is 5.91 Å². The van der Waals surface area contributed by atoms with Gasteiger partial charge in [-0.15, -0.1) is 0 Å². The Morgan fingerprint density at radius 1 is 1.11 bits per heavy atom. The van der Waals surface area contributed by atoms with E-state index in [1.807, 2.05) is 60.8 Å². The molecule has 0 bridgehead atoms. The summed E-state index contributed by atoms with van der Waals surface area (Å²) < 4.78 is 0. The number of aromatic nitrogens is 1. The second-order valence-corrected chi connectivity index (χ2v) is 7.72. The minimum atomic E-state index is -0.264. The molecule has 2 aromatic carbocycles. The molecule has 5 heteroatoms. The fourth-order valence-electron chi connectivity index (χ4n) is 3.54. The van der Waals surface area contributed by atoms with Crippen molar-refractivity contribution in [1.29, 1.82) is 0 Å². The van der Waals surface area contributed by atoms with Crippen LogP contribution >= 0.6 is 11.6 Å². The largest absolute Gasteiger partial charge is 0.307 e. The van der Waals surface area contributed by atoms with Crippen molar-refractivity contribution in [3.05, 3.63) is 83.0 Å². The van der Waals surface area contributed by atoms with Gasteiger partial charge in [-0.2, -0.15) is 0 Å². The van der Waals surface area contributed by atoms with E-state index >= 15 is 0 Å². The second-order valence-electron chi connectivity index (χ2n) is 7.34. The molecule has 0 atom stereocenters. The van der Waals surface area contributed by atoms with Crippen molar-refractivity contribution in [3.8, 4) is 11.1 Å². The highest BCUT2D eigenvalue weighted by atomic mass is 35.5. The number of hydrogen-bond donors (Lipinski definition) is 1. The molecule has 0 aliphatic carbocycles. The predicted molar refractivity (Wildman–Crippen MR) is 114 cm³/mol. The summed E-state index contributed by atoms with van der Waals surface area (Å²) in [6.07, 6.45) is 1.82. The van der Waals surface area contributed by atoms with Gasteiger partial charge in [0.05, 0.1) is 10.6 Å². The lowest BCUT2D eigenvalue weighted by atomic mass is 10.0. The third-order valence-corrected chi connectivity index (χ3v) is 5.35. The Kier molecular flexibility index (Phi) is 5.42. The topological polar surface area (TPSA) is 45.2 Å². The minimum Gasteiger partial charge on any atom is -0.307 e. The first kappa shape index (κ1) is 18.7. The molecule has 1 N–H and O–H groups in total. The summed E-state index contributed by atoms with van der Waals surface area (Å²) in [6, 6.07) is 19.1. The molecule has 142 valence electrons. The normalized spacial score (nSPS) is 14.5. The first-order valence-electron chi connectivity index (χ1n) is 9.43. The van der Waals surface area contributed by atoms with E-state index in [4.69, 9.17) is 11.6 Å². The lowest BCUT2D eigenvalue weighted by Gasteiger charge is -2.37. The van der Waals surface area contributed by atoms with Gasteiger partial charge in [-0.1, -0.05) is 67.1 Å². The summed E-state index contributed by atoms with van der Waals surface area (Å²) in [6.45, 7) is 5.42. The van der Waals surface area contributed by atoms with Crippen molar-refractivity contribution >= 4 is 23.3 Å². The zero-order chi connectivity index (χ0) is 19.5. The fraction of sp³-hybridized carbons (Fsp3) is 0.217. The van der Waals surface area contributed by atoms with Crippen molar-refractivity contribution in [1.82, 2.24) is 9.88 Å². The molecule has 0 spiro atoms. The van der Waals surface area contributed by atoms with Crippen LogP contribution in [0.4, 0.5) is 5.82 Å². The molecule has 4 rings (SSSR count). The molecule has 1 amide bonds. The van der Waals surface area contributed by atoms with Gasteiger partial charge >= 0.3 is 0 Å². The average Bonchev–Trinajstić information content (AvgIpc) is 2.69. The van der Waals surface area contributed by atoms with E-state index in [9.17, 15) is 4.79 Å². The Bertz CT molecular complexity index is 967. The molecular formula is C23H22ClN3O. The number of pyridine rings is 1. The quantitative estimate of drug-likeness (QED) is 0.657. The fourth-order valence-corrected chi connectivity index (χ4v) is 3.86. The van der Waals surface area contributed by atoms with Crippen molar-refractivity contribution in [2.75, 3.05) is 18.4 Å². The summed E-state index contributed by atoms with van der Waals surface area (Å²) in [7, 11) is 0. The first-order valence-corrected chi connectivity index (χ1v) is 9.80. The number of halogens is 1. The summed E-state index contributed by atoms with van der Waals surface area (Å²) in [5.41, 5.74) is 3.39. The maximum absolute atomic E-state index is 12.7. The lowest BCUT2D eigenvalue weighted by molar-refractivity contribution is 0.102.